The molecule has 36 heavy (non-hydrogen) atoms. The molecule has 2 aromatic carbocycles. The van der Waals surface area contributed by atoms with Crippen molar-refractivity contribution in [1.29, 1.82) is 5.26 Å². The Bertz CT molecular complexity index is 1400. The van der Waals surface area contributed by atoms with Crippen LogP contribution >= 0.6 is 34.9 Å². The minimum absolute atomic E-state index is 0.145. The van der Waals surface area contributed by atoms with E-state index in [-0.39, 0.29) is 11.7 Å². The molecule has 0 bridgehead atoms. The summed E-state index contributed by atoms with van der Waals surface area (Å²) in [6.07, 6.45) is 4.15. The van der Waals surface area contributed by atoms with E-state index in [0.717, 1.165) is 42.8 Å². The molecule has 4 aromatic rings. The van der Waals surface area contributed by atoms with Crippen molar-refractivity contribution in [1.82, 2.24) is 14.8 Å². The number of carbonyl (C=O) groups excluding carboxylic acids is 1. The van der Waals surface area contributed by atoms with Crippen molar-refractivity contribution in [2.24, 2.45) is 0 Å². The maximum absolute atomic E-state index is 12.9. The Morgan fingerprint density at radius 1 is 1.08 bits per heavy atom. The molecule has 0 radical (unpaired) electrons. The zero-order chi connectivity index (χ0) is 24.9. The lowest BCUT2D eigenvalue weighted by atomic mass is 9.96. The van der Waals surface area contributed by atoms with E-state index in [1.165, 1.54) is 27.1 Å². The summed E-state index contributed by atoms with van der Waals surface area (Å²) in [6.45, 7) is 2.08. The predicted molar refractivity (Wildman–Crippen MR) is 147 cm³/mol. The molecule has 1 aliphatic carbocycles. The first-order valence-electron chi connectivity index (χ1n) is 11.8. The van der Waals surface area contributed by atoms with Gasteiger partial charge in [0.2, 0.25) is 5.91 Å². The fourth-order valence-corrected chi connectivity index (χ4v) is 7.01. The summed E-state index contributed by atoms with van der Waals surface area (Å²) in [4.78, 5) is 15.3. The summed E-state index contributed by atoms with van der Waals surface area (Å²) >= 11 is 4.60. The molecule has 1 amide bonds. The van der Waals surface area contributed by atoms with Gasteiger partial charge in [-0.1, -0.05) is 47.7 Å². The number of nitrogens with one attached hydrogen (secondary N) is 1. The number of anilines is 1. The van der Waals surface area contributed by atoms with Crippen molar-refractivity contribution in [3.63, 3.8) is 0 Å². The van der Waals surface area contributed by atoms with Crippen LogP contribution in [-0.4, -0.2) is 26.4 Å². The maximum Gasteiger partial charge on any atom is 0.235 e. The van der Waals surface area contributed by atoms with E-state index in [1.807, 2.05) is 34.9 Å². The molecule has 182 valence electrons. The van der Waals surface area contributed by atoms with Crippen molar-refractivity contribution in [3.05, 3.63) is 82.0 Å². The fourth-order valence-electron chi connectivity index (χ4n) is 4.17. The van der Waals surface area contributed by atoms with Crippen LogP contribution in [0.25, 0.3) is 5.69 Å². The number of thiophene rings is 1. The van der Waals surface area contributed by atoms with Gasteiger partial charge < -0.3 is 5.32 Å². The largest absolute Gasteiger partial charge is 0.316 e. The fraction of sp³-hybridized carbons (Fsp3) is 0.259. The van der Waals surface area contributed by atoms with Crippen LogP contribution in [-0.2, 0) is 23.4 Å². The molecule has 0 aliphatic heterocycles. The zero-order valence-corrected chi connectivity index (χ0v) is 22.3. The van der Waals surface area contributed by atoms with E-state index in [1.54, 1.807) is 23.1 Å². The van der Waals surface area contributed by atoms with Gasteiger partial charge in [-0.25, -0.2) is 0 Å². The average Bonchev–Trinajstić information content (AvgIpc) is 3.48. The van der Waals surface area contributed by atoms with Gasteiger partial charge in [0.15, 0.2) is 5.16 Å². The number of rotatable bonds is 8. The van der Waals surface area contributed by atoms with Gasteiger partial charge in [0, 0.05) is 15.5 Å². The molecular weight excluding hydrogens is 507 g/mol. The molecule has 0 atom stereocenters. The van der Waals surface area contributed by atoms with Gasteiger partial charge in [-0.05, 0) is 62.4 Å². The van der Waals surface area contributed by atoms with E-state index < -0.39 is 0 Å². The standard InChI is InChI=1S/C27H25N5OS3/c1-18-11-13-20(14-12-18)34-16-24-30-31-27(32(24)19-7-3-2-4-8-19)35-17-25(33)29-26-22(15-28)21-9-5-6-10-23(21)36-26/h2-4,7-8,11-14H,5-6,9-10,16-17H2,1H3,(H,29,33). The summed E-state index contributed by atoms with van der Waals surface area (Å²) in [5, 5.41) is 22.9. The summed E-state index contributed by atoms with van der Waals surface area (Å²) < 4.78 is 2.02. The Morgan fingerprint density at radius 2 is 1.86 bits per heavy atom. The van der Waals surface area contributed by atoms with Crippen LogP contribution in [0, 0.1) is 18.3 Å². The molecule has 1 N–H and O–H groups in total. The first kappa shape index (κ1) is 24.6. The van der Waals surface area contributed by atoms with E-state index in [2.05, 4.69) is 52.8 Å². The molecular formula is C27H25N5OS3. The number of hydrogen-bond acceptors (Lipinski definition) is 7. The Labute approximate surface area is 223 Å². The third-order valence-electron chi connectivity index (χ3n) is 5.97. The number of amides is 1. The zero-order valence-electron chi connectivity index (χ0n) is 19.9. The minimum atomic E-state index is -0.145. The molecule has 1 aliphatic rings. The van der Waals surface area contributed by atoms with Crippen LogP contribution in [0.3, 0.4) is 0 Å². The first-order valence-corrected chi connectivity index (χ1v) is 14.6. The average molecular weight is 532 g/mol. The summed E-state index contributed by atoms with van der Waals surface area (Å²) in [6, 6.07) is 20.7. The van der Waals surface area contributed by atoms with Crippen molar-refractivity contribution in [3.8, 4) is 11.8 Å². The normalized spacial score (nSPS) is 12.7. The Kier molecular flexibility index (Phi) is 7.75. The molecule has 0 saturated carbocycles. The molecule has 5 rings (SSSR count). The van der Waals surface area contributed by atoms with Crippen molar-refractivity contribution >= 4 is 45.8 Å². The highest BCUT2D eigenvalue weighted by atomic mass is 32.2. The molecule has 6 nitrogen and oxygen atoms in total. The number of para-hydroxylation sites is 1. The van der Waals surface area contributed by atoms with Gasteiger partial charge in [0.25, 0.3) is 0 Å². The van der Waals surface area contributed by atoms with E-state index in [0.29, 0.717) is 21.5 Å². The van der Waals surface area contributed by atoms with Gasteiger partial charge in [-0.2, -0.15) is 5.26 Å². The second-order valence-electron chi connectivity index (χ2n) is 8.54. The monoisotopic (exact) mass is 531 g/mol. The van der Waals surface area contributed by atoms with Crippen LogP contribution in [0.15, 0.2) is 64.6 Å². The SMILES string of the molecule is Cc1ccc(SCc2nnc(SCC(=O)Nc3sc4c(c3C#N)CCCC4)n2-c2ccccc2)cc1. The number of fused-ring (bicyclic) bond motifs is 1. The van der Waals surface area contributed by atoms with Gasteiger partial charge in [0.1, 0.15) is 16.9 Å². The third kappa shape index (κ3) is 5.51. The second kappa shape index (κ2) is 11.3. The molecule has 9 heteroatoms. The Morgan fingerprint density at radius 3 is 2.64 bits per heavy atom. The van der Waals surface area contributed by atoms with Crippen LogP contribution in [0.4, 0.5) is 5.00 Å². The first-order chi connectivity index (χ1) is 17.6. The van der Waals surface area contributed by atoms with Crippen LogP contribution < -0.4 is 5.32 Å². The number of carbonyl (C=O) groups is 1. The van der Waals surface area contributed by atoms with Crippen molar-refractivity contribution < 1.29 is 4.79 Å². The number of benzene rings is 2. The highest BCUT2D eigenvalue weighted by Gasteiger charge is 2.22. The number of thioether (sulfide) groups is 2. The Balaban J connectivity index is 1.31. The molecule has 0 saturated heterocycles. The number of aryl methyl sites for hydroxylation is 2. The van der Waals surface area contributed by atoms with Crippen LogP contribution in [0.2, 0.25) is 0 Å². The van der Waals surface area contributed by atoms with E-state index in [4.69, 9.17) is 0 Å². The predicted octanol–water partition coefficient (Wildman–Crippen LogP) is 6.41. The number of nitrogens with zero attached hydrogens (tertiary/aromatic N) is 4. The maximum atomic E-state index is 12.9. The topological polar surface area (TPSA) is 83.6 Å². The number of nitriles is 1. The van der Waals surface area contributed by atoms with Crippen LogP contribution in [0.5, 0.6) is 0 Å². The molecule has 2 heterocycles. The van der Waals surface area contributed by atoms with Gasteiger partial charge >= 0.3 is 0 Å². The van der Waals surface area contributed by atoms with E-state index in [9.17, 15) is 10.1 Å². The molecule has 0 fully saturated rings. The Hall–Kier alpha value is -3.06. The molecule has 2 aromatic heterocycles. The lowest BCUT2D eigenvalue weighted by Crippen LogP contribution is -2.14. The second-order valence-corrected chi connectivity index (χ2v) is 11.6. The molecule has 0 unspecified atom stereocenters. The van der Waals surface area contributed by atoms with Crippen LogP contribution in [0.1, 0.15) is 40.2 Å². The summed E-state index contributed by atoms with van der Waals surface area (Å²) in [7, 11) is 0. The van der Waals surface area contributed by atoms with Gasteiger partial charge in [-0.15, -0.1) is 33.3 Å². The highest BCUT2D eigenvalue weighted by Crippen LogP contribution is 2.37. The van der Waals surface area contributed by atoms with Gasteiger partial charge in [-0.3, -0.25) is 9.36 Å². The highest BCUT2D eigenvalue weighted by molar-refractivity contribution is 7.99. The summed E-state index contributed by atoms with van der Waals surface area (Å²) in [5.41, 5.74) is 3.95. The van der Waals surface area contributed by atoms with Crippen molar-refractivity contribution in [2.45, 2.75) is 48.4 Å². The molecule has 0 spiro atoms. The lowest BCUT2D eigenvalue weighted by Gasteiger charge is -2.10. The quantitative estimate of drug-likeness (QED) is 0.265. The third-order valence-corrected chi connectivity index (χ3v) is 9.12. The minimum Gasteiger partial charge on any atom is -0.316 e. The lowest BCUT2D eigenvalue weighted by molar-refractivity contribution is -0.113. The van der Waals surface area contributed by atoms with Crippen molar-refractivity contribution in [2.75, 3.05) is 11.1 Å². The smallest absolute Gasteiger partial charge is 0.235 e. The van der Waals surface area contributed by atoms with Gasteiger partial charge in [0.05, 0.1) is 17.1 Å². The van der Waals surface area contributed by atoms with E-state index >= 15 is 0 Å². The number of aromatic nitrogens is 3. The summed E-state index contributed by atoms with van der Waals surface area (Å²) in [5.74, 6) is 1.52. The number of hydrogen-bond donors (Lipinski definition) is 1.